The molecular weight excluding hydrogens is 248 g/mol. The van der Waals surface area contributed by atoms with Gasteiger partial charge in [-0.2, -0.15) is 0 Å². The van der Waals surface area contributed by atoms with Gasteiger partial charge in [-0.1, -0.05) is 31.5 Å². The van der Waals surface area contributed by atoms with Gasteiger partial charge < -0.3 is 4.40 Å². The summed E-state index contributed by atoms with van der Waals surface area (Å²) in [6.07, 6.45) is 3.38. The van der Waals surface area contributed by atoms with Crippen LogP contribution in [0, 0.1) is 5.41 Å². The van der Waals surface area contributed by atoms with Gasteiger partial charge in [-0.05, 0) is 18.6 Å². The van der Waals surface area contributed by atoms with Gasteiger partial charge in [-0.25, -0.2) is 4.98 Å². The molecule has 2 atom stereocenters. The SMILES string of the molecule is CCC1(C)C(=O)CC1c1c(Cl)nc2ccccn12. The van der Waals surface area contributed by atoms with Crippen molar-refractivity contribution < 1.29 is 4.79 Å². The molecule has 4 heteroatoms. The number of aromatic nitrogens is 2. The quantitative estimate of drug-likeness (QED) is 0.831. The number of Topliss-reactive ketones (excluding diaryl/α,β-unsaturated/α-hetero) is 1. The molecule has 1 aliphatic carbocycles. The highest BCUT2D eigenvalue weighted by molar-refractivity contribution is 6.30. The van der Waals surface area contributed by atoms with Crippen molar-refractivity contribution in [3.8, 4) is 0 Å². The Kier molecular flexibility index (Phi) is 2.49. The Labute approximate surface area is 111 Å². The lowest BCUT2D eigenvalue weighted by molar-refractivity contribution is -0.139. The summed E-state index contributed by atoms with van der Waals surface area (Å²) in [7, 11) is 0. The van der Waals surface area contributed by atoms with Crippen LogP contribution in [-0.2, 0) is 4.79 Å². The van der Waals surface area contributed by atoms with Gasteiger partial charge in [0, 0.05) is 24.0 Å². The highest BCUT2D eigenvalue weighted by Gasteiger charge is 2.52. The van der Waals surface area contributed by atoms with Gasteiger partial charge in [0.15, 0.2) is 5.15 Å². The summed E-state index contributed by atoms with van der Waals surface area (Å²) in [5.41, 5.74) is 1.54. The van der Waals surface area contributed by atoms with Gasteiger partial charge in [0.05, 0.1) is 5.69 Å². The number of pyridine rings is 1. The summed E-state index contributed by atoms with van der Waals surface area (Å²) in [6, 6.07) is 5.82. The van der Waals surface area contributed by atoms with Crippen molar-refractivity contribution in [2.75, 3.05) is 0 Å². The third-order valence-corrected chi connectivity index (χ3v) is 4.66. The first-order valence-corrected chi connectivity index (χ1v) is 6.61. The topological polar surface area (TPSA) is 34.4 Å². The molecule has 1 aliphatic rings. The molecule has 1 fully saturated rings. The minimum Gasteiger partial charge on any atom is -0.302 e. The van der Waals surface area contributed by atoms with E-state index in [1.807, 2.05) is 35.7 Å². The predicted octanol–water partition coefficient (Wildman–Crippen LogP) is 3.46. The highest BCUT2D eigenvalue weighted by Crippen LogP contribution is 2.53. The molecule has 0 radical (unpaired) electrons. The van der Waals surface area contributed by atoms with Crippen LogP contribution in [0.25, 0.3) is 5.65 Å². The van der Waals surface area contributed by atoms with Gasteiger partial charge in [0.1, 0.15) is 11.4 Å². The van der Waals surface area contributed by atoms with Crippen molar-refractivity contribution in [1.29, 1.82) is 0 Å². The van der Waals surface area contributed by atoms with Crippen LogP contribution < -0.4 is 0 Å². The Bertz CT molecular complexity index is 634. The third-order valence-electron chi connectivity index (χ3n) is 4.38. The minimum absolute atomic E-state index is 0.180. The molecule has 0 amide bonds. The third kappa shape index (κ3) is 1.37. The molecule has 0 N–H and O–H groups in total. The van der Waals surface area contributed by atoms with E-state index in [4.69, 9.17) is 11.6 Å². The molecule has 0 aliphatic heterocycles. The molecule has 2 unspecified atom stereocenters. The molecular formula is C14H15ClN2O. The fraction of sp³-hybridized carbons (Fsp3) is 0.429. The lowest BCUT2D eigenvalue weighted by Gasteiger charge is -2.44. The average molecular weight is 263 g/mol. The smallest absolute Gasteiger partial charge is 0.151 e. The zero-order chi connectivity index (χ0) is 12.9. The molecule has 0 bridgehead atoms. The van der Waals surface area contributed by atoms with Crippen LogP contribution in [0.15, 0.2) is 24.4 Å². The van der Waals surface area contributed by atoms with Crippen molar-refractivity contribution in [3.05, 3.63) is 35.2 Å². The standard InChI is InChI=1S/C14H15ClN2O/c1-3-14(2)9(8-10(14)18)12-13(15)16-11-6-4-5-7-17(11)12/h4-7,9H,3,8H2,1-2H3. The van der Waals surface area contributed by atoms with E-state index in [1.165, 1.54) is 0 Å². The van der Waals surface area contributed by atoms with E-state index in [2.05, 4.69) is 11.9 Å². The van der Waals surface area contributed by atoms with Crippen LogP contribution in [0.3, 0.4) is 0 Å². The van der Waals surface area contributed by atoms with Crippen LogP contribution in [0.2, 0.25) is 5.15 Å². The molecule has 0 saturated heterocycles. The van der Waals surface area contributed by atoms with E-state index in [1.54, 1.807) is 0 Å². The monoisotopic (exact) mass is 262 g/mol. The summed E-state index contributed by atoms with van der Waals surface area (Å²) in [5.74, 6) is 0.511. The van der Waals surface area contributed by atoms with Gasteiger partial charge in [-0.3, -0.25) is 4.79 Å². The molecule has 18 heavy (non-hydrogen) atoms. The summed E-state index contributed by atoms with van der Waals surface area (Å²) < 4.78 is 2.01. The predicted molar refractivity (Wildman–Crippen MR) is 71.0 cm³/mol. The Morgan fingerprint density at radius 1 is 1.56 bits per heavy atom. The molecule has 0 spiro atoms. The van der Waals surface area contributed by atoms with E-state index in [-0.39, 0.29) is 11.3 Å². The number of rotatable bonds is 2. The maximum absolute atomic E-state index is 11.9. The fourth-order valence-electron chi connectivity index (χ4n) is 2.85. The van der Waals surface area contributed by atoms with Crippen molar-refractivity contribution in [2.24, 2.45) is 5.41 Å². The van der Waals surface area contributed by atoms with Crippen molar-refractivity contribution in [2.45, 2.75) is 32.6 Å². The number of halogens is 1. The normalized spacial score (nSPS) is 27.5. The van der Waals surface area contributed by atoms with Crippen LogP contribution in [0.4, 0.5) is 0 Å². The molecule has 94 valence electrons. The Morgan fingerprint density at radius 2 is 2.33 bits per heavy atom. The number of ketones is 1. The van der Waals surface area contributed by atoms with Crippen LogP contribution in [0.1, 0.15) is 38.3 Å². The number of hydrogen-bond acceptors (Lipinski definition) is 2. The van der Waals surface area contributed by atoms with Crippen LogP contribution in [0.5, 0.6) is 0 Å². The van der Waals surface area contributed by atoms with E-state index in [0.717, 1.165) is 17.8 Å². The number of carbonyl (C=O) groups excluding carboxylic acids is 1. The molecule has 3 rings (SSSR count). The summed E-state index contributed by atoms with van der Waals surface area (Å²) >= 11 is 6.26. The maximum atomic E-state index is 11.9. The second-order valence-corrected chi connectivity index (χ2v) is 5.53. The Morgan fingerprint density at radius 3 is 3.00 bits per heavy atom. The van der Waals surface area contributed by atoms with Gasteiger partial charge in [-0.15, -0.1) is 0 Å². The van der Waals surface area contributed by atoms with Crippen LogP contribution >= 0.6 is 11.6 Å². The molecule has 2 aromatic rings. The molecule has 0 aromatic carbocycles. The Hall–Kier alpha value is -1.35. The van der Waals surface area contributed by atoms with Crippen LogP contribution in [-0.4, -0.2) is 15.2 Å². The minimum atomic E-state index is -0.282. The first-order chi connectivity index (χ1) is 8.58. The zero-order valence-electron chi connectivity index (χ0n) is 10.5. The van der Waals surface area contributed by atoms with Gasteiger partial charge >= 0.3 is 0 Å². The lowest BCUT2D eigenvalue weighted by atomic mass is 9.57. The molecule has 1 saturated carbocycles. The number of carbonyl (C=O) groups is 1. The number of fused-ring (bicyclic) bond motifs is 1. The van der Waals surface area contributed by atoms with E-state index >= 15 is 0 Å². The second-order valence-electron chi connectivity index (χ2n) is 5.17. The van der Waals surface area contributed by atoms with Crippen molar-refractivity contribution in [1.82, 2.24) is 9.38 Å². The zero-order valence-corrected chi connectivity index (χ0v) is 11.2. The summed E-state index contributed by atoms with van der Waals surface area (Å²) in [6.45, 7) is 4.09. The first kappa shape index (κ1) is 11.7. The number of hydrogen-bond donors (Lipinski definition) is 0. The average Bonchev–Trinajstić information content (AvgIpc) is 2.70. The van der Waals surface area contributed by atoms with Crippen molar-refractivity contribution >= 4 is 23.0 Å². The maximum Gasteiger partial charge on any atom is 0.151 e. The summed E-state index contributed by atoms with van der Waals surface area (Å²) in [4.78, 5) is 16.2. The van der Waals surface area contributed by atoms with Gasteiger partial charge in [0.2, 0.25) is 0 Å². The van der Waals surface area contributed by atoms with E-state index in [9.17, 15) is 4.79 Å². The van der Waals surface area contributed by atoms with Gasteiger partial charge in [0.25, 0.3) is 0 Å². The molecule has 3 nitrogen and oxygen atoms in total. The second kappa shape index (κ2) is 3.82. The van der Waals surface area contributed by atoms with E-state index < -0.39 is 0 Å². The van der Waals surface area contributed by atoms with Crippen molar-refractivity contribution in [3.63, 3.8) is 0 Å². The lowest BCUT2D eigenvalue weighted by Crippen LogP contribution is -2.46. The van der Waals surface area contributed by atoms with E-state index in [0.29, 0.717) is 17.4 Å². The largest absolute Gasteiger partial charge is 0.302 e. The molecule has 2 heterocycles. The molecule has 2 aromatic heterocycles. The number of imidazole rings is 1. The highest BCUT2D eigenvalue weighted by atomic mass is 35.5. The Balaban J connectivity index is 2.16. The number of nitrogens with zero attached hydrogens (tertiary/aromatic N) is 2. The first-order valence-electron chi connectivity index (χ1n) is 6.23. The fourth-order valence-corrected chi connectivity index (χ4v) is 3.16. The summed E-state index contributed by atoms with van der Waals surface area (Å²) in [5, 5.41) is 0.526.